The molecular formula is C16H22F3NO. The van der Waals surface area contributed by atoms with Gasteiger partial charge in [-0.15, -0.1) is 13.2 Å². The normalized spacial score (nSPS) is 18.9. The summed E-state index contributed by atoms with van der Waals surface area (Å²) in [6.45, 7) is 5.21. The molecule has 0 aromatic heterocycles. The number of benzene rings is 1. The zero-order chi connectivity index (χ0) is 15.5. The lowest BCUT2D eigenvalue weighted by Crippen LogP contribution is -2.40. The minimum atomic E-state index is -4.64. The number of rotatable bonds is 6. The van der Waals surface area contributed by atoms with Gasteiger partial charge in [-0.2, -0.15) is 0 Å². The highest BCUT2D eigenvalue weighted by molar-refractivity contribution is 5.29. The Morgan fingerprint density at radius 3 is 2.29 bits per heavy atom. The Bertz CT molecular complexity index is 446. The van der Waals surface area contributed by atoms with Gasteiger partial charge in [-0.25, -0.2) is 0 Å². The number of hydrogen-bond acceptors (Lipinski definition) is 2. The third kappa shape index (κ3) is 4.37. The van der Waals surface area contributed by atoms with Crippen LogP contribution in [0.4, 0.5) is 13.2 Å². The number of halogens is 3. The Kier molecular flexibility index (Phi) is 4.81. The van der Waals surface area contributed by atoms with Crippen LogP contribution in [-0.4, -0.2) is 12.9 Å². The molecule has 1 atom stereocenters. The Morgan fingerprint density at radius 2 is 1.86 bits per heavy atom. The summed E-state index contributed by atoms with van der Waals surface area (Å²) in [6, 6.07) is 6.20. The first kappa shape index (κ1) is 16.1. The summed E-state index contributed by atoms with van der Waals surface area (Å²) < 4.78 is 40.2. The molecule has 1 aliphatic carbocycles. The van der Waals surface area contributed by atoms with Crippen LogP contribution < -0.4 is 10.1 Å². The first-order valence-corrected chi connectivity index (χ1v) is 7.43. The molecule has 118 valence electrons. The molecule has 1 aromatic rings. The predicted molar refractivity (Wildman–Crippen MR) is 76.1 cm³/mol. The lowest BCUT2D eigenvalue weighted by molar-refractivity contribution is -0.274. The molecule has 0 amide bonds. The molecule has 1 aliphatic rings. The van der Waals surface area contributed by atoms with Gasteiger partial charge in [0.05, 0.1) is 0 Å². The quantitative estimate of drug-likeness (QED) is 0.813. The topological polar surface area (TPSA) is 21.3 Å². The van der Waals surface area contributed by atoms with E-state index in [2.05, 4.69) is 17.0 Å². The minimum Gasteiger partial charge on any atom is -0.406 e. The number of hydrogen-bond donors (Lipinski definition) is 1. The summed E-state index contributed by atoms with van der Waals surface area (Å²) in [4.78, 5) is 0. The van der Waals surface area contributed by atoms with E-state index in [1.165, 1.54) is 37.8 Å². The zero-order valence-electron chi connectivity index (χ0n) is 12.5. The van der Waals surface area contributed by atoms with Crippen molar-refractivity contribution in [1.82, 2.24) is 5.32 Å². The molecule has 2 nitrogen and oxygen atoms in total. The van der Waals surface area contributed by atoms with E-state index in [4.69, 9.17) is 0 Å². The van der Waals surface area contributed by atoms with Gasteiger partial charge in [-0.3, -0.25) is 0 Å². The van der Waals surface area contributed by atoms with Crippen LogP contribution in [0.5, 0.6) is 5.75 Å². The van der Waals surface area contributed by atoms with Crippen molar-refractivity contribution in [2.24, 2.45) is 5.41 Å². The van der Waals surface area contributed by atoms with Crippen molar-refractivity contribution in [1.29, 1.82) is 0 Å². The highest BCUT2D eigenvalue weighted by Crippen LogP contribution is 2.43. The maximum Gasteiger partial charge on any atom is 0.573 e. The van der Waals surface area contributed by atoms with Gasteiger partial charge in [-0.1, -0.05) is 25.5 Å². The van der Waals surface area contributed by atoms with E-state index < -0.39 is 6.36 Å². The molecule has 0 saturated heterocycles. The Morgan fingerprint density at radius 1 is 1.24 bits per heavy atom. The van der Waals surface area contributed by atoms with Gasteiger partial charge in [0.1, 0.15) is 5.75 Å². The van der Waals surface area contributed by atoms with E-state index in [-0.39, 0.29) is 11.8 Å². The molecule has 0 aliphatic heterocycles. The minimum absolute atomic E-state index is 0.119. The van der Waals surface area contributed by atoms with Gasteiger partial charge >= 0.3 is 6.36 Å². The molecule has 0 radical (unpaired) electrons. The molecule has 0 spiro atoms. The first-order valence-electron chi connectivity index (χ1n) is 7.43. The maximum absolute atomic E-state index is 12.1. The number of ether oxygens (including phenoxy) is 1. The predicted octanol–water partition coefficient (Wildman–Crippen LogP) is 4.82. The first-order chi connectivity index (χ1) is 9.84. The molecule has 5 heteroatoms. The average molecular weight is 301 g/mol. The number of nitrogens with one attached hydrogen (secondary N) is 1. The van der Waals surface area contributed by atoms with Crippen molar-refractivity contribution in [2.45, 2.75) is 51.9 Å². The lowest BCUT2D eigenvalue weighted by atomic mass is 9.67. The highest BCUT2D eigenvalue weighted by atomic mass is 19.4. The van der Waals surface area contributed by atoms with Crippen LogP contribution in [0.2, 0.25) is 0 Å². The van der Waals surface area contributed by atoms with E-state index >= 15 is 0 Å². The molecule has 1 saturated carbocycles. The zero-order valence-corrected chi connectivity index (χ0v) is 12.5. The summed E-state index contributed by atoms with van der Waals surface area (Å²) in [5.41, 5.74) is 1.39. The fraction of sp³-hybridized carbons (Fsp3) is 0.625. The van der Waals surface area contributed by atoms with E-state index in [1.807, 2.05) is 6.92 Å². The summed E-state index contributed by atoms with van der Waals surface area (Å²) in [6.07, 6.45) is 0.366. The molecular weight excluding hydrogens is 279 g/mol. The van der Waals surface area contributed by atoms with Crippen LogP contribution in [0.15, 0.2) is 24.3 Å². The average Bonchev–Trinajstić information content (AvgIpc) is 2.36. The van der Waals surface area contributed by atoms with Crippen LogP contribution in [0, 0.1) is 5.41 Å². The standard InChI is InChI=1S/C16H22F3NO/c1-3-15(9-4-10-15)11-20-12(2)13-5-7-14(8-6-13)21-16(17,18)19/h5-8,12,20H,3-4,9-11H2,1-2H3. The summed E-state index contributed by atoms with van der Waals surface area (Å²) >= 11 is 0. The van der Waals surface area contributed by atoms with Crippen LogP contribution in [0.3, 0.4) is 0 Å². The molecule has 2 rings (SSSR count). The molecule has 0 heterocycles. The second-order valence-corrected chi connectivity index (χ2v) is 5.93. The van der Waals surface area contributed by atoms with E-state index in [0.717, 1.165) is 12.1 Å². The van der Waals surface area contributed by atoms with Crippen molar-refractivity contribution in [3.8, 4) is 5.75 Å². The van der Waals surface area contributed by atoms with E-state index in [1.54, 1.807) is 12.1 Å². The van der Waals surface area contributed by atoms with Crippen molar-refractivity contribution < 1.29 is 17.9 Å². The Labute approximate surface area is 123 Å². The van der Waals surface area contributed by atoms with Crippen LogP contribution in [0.25, 0.3) is 0 Å². The number of alkyl halides is 3. The second kappa shape index (κ2) is 6.26. The van der Waals surface area contributed by atoms with E-state index in [0.29, 0.717) is 5.41 Å². The van der Waals surface area contributed by atoms with Gasteiger partial charge in [0.25, 0.3) is 0 Å². The molecule has 1 aromatic carbocycles. The second-order valence-electron chi connectivity index (χ2n) is 5.93. The molecule has 21 heavy (non-hydrogen) atoms. The summed E-state index contributed by atoms with van der Waals surface area (Å²) in [5, 5.41) is 3.50. The smallest absolute Gasteiger partial charge is 0.406 e. The van der Waals surface area contributed by atoms with Crippen molar-refractivity contribution in [3.05, 3.63) is 29.8 Å². The molecule has 1 unspecified atom stereocenters. The summed E-state index contributed by atoms with van der Waals surface area (Å²) in [5.74, 6) is -0.178. The van der Waals surface area contributed by atoms with Crippen molar-refractivity contribution in [2.75, 3.05) is 6.54 Å². The fourth-order valence-electron chi connectivity index (χ4n) is 2.78. The van der Waals surface area contributed by atoms with Gasteiger partial charge in [0.2, 0.25) is 0 Å². The van der Waals surface area contributed by atoms with Gasteiger partial charge in [0.15, 0.2) is 0 Å². The van der Waals surface area contributed by atoms with Crippen LogP contribution in [-0.2, 0) is 0 Å². The molecule has 1 fully saturated rings. The van der Waals surface area contributed by atoms with Crippen molar-refractivity contribution >= 4 is 0 Å². The van der Waals surface area contributed by atoms with Gasteiger partial charge < -0.3 is 10.1 Å². The highest BCUT2D eigenvalue weighted by Gasteiger charge is 2.35. The SMILES string of the molecule is CCC1(CNC(C)c2ccc(OC(F)(F)F)cc2)CCC1. The molecule has 1 N–H and O–H groups in total. The molecule has 0 bridgehead atoms. The Hall–Kier alpha value is -1.23. The van der Waals surface area contributed by atoms with Crippen molar-refractivity contribution in [3.63, 3.8) is 0 Å². The monoisotopic (exact) mass is 301 g/mol. The third-order valence-electron chi connectivity index (χ3n) is 4.56. The van der Waals surface area contributed by atoms with E-state index in [9.17, 15) is 13.2 Å². The summed E-state index contributed by atoms with van der Waals surface area (Å²) in [7, 11) is 0. The van der Waals surface area contributed by atoms with Gasteiger partial charge in [0, 0.05) is 12.6 Å². The fourth-order valence-corrected chi connectivity index (χ4v) is 2.78. The Balaban J connectivity index is 1.89. The van der Waals surface area contributed by atoms with Gasteiger partial charge in [-0.05, 0) is 49.3 Å². The lowest BCUT2D eigenvalue weighted by Gasteiger charge is -2.42. The largest absolute Gasteiger partial charge is 0.573 e. The van der Waals surface area contributed by atoms with Crippen LogP contribution >= 0.6 is 0 Å². The maximum atomic E-state index is 12.1. The third-order valence-corrected chi connectivity index (χ3v) is 4.56. The van der Waals surface area contributed by atoms with Crippen LogP contribution in [0.1, 0.15) is 51.1 Å².